The van der Waals surface area contributed by atoms with Crippen LogP contribution in [0.4, 0.5) is 0 Å². The molecular weight excluding hydrogens is 354 g/mol. The van der Waals surface area contributed by atoms with Crippen LogP contribution >= 0.6 is 0 Å². The molecule has 0 saturated carbocycles. The van der Waals surface area contributed by atoms with Crippen LogP contribution in [0.3, 0.4) is 0 Å². The number of aromatic nitrogens is 1. The summed E-state index contributed by atoms with van der Waals surface area (Å²) in [6.07, 6.45) is -0.862. The first kappa shape index (κ1) is 19.5. The number of ketones is 2. The molecule has 1 heterocycles. The molecule has 0 radical (unpaired) electrons. The molecule has 0 bridgehead atoms. The highest BCUT2D eigenvalue weighted by Gasteiger charge is 2.26. The Bertz CT molecular complexity index is 1070. The Morgan fingerprint density at radius 3 is 2.39 bits per heavy atom. The molecule has 0 spiro atoms. The van der Waals surface area contributed by atoms with Gasteiger partial charge in [0.25, 0.3) is 0 Å². The SMILES string of the molecule is CC(=O)c1c(C)[nH]c(C(=O)[C@@H](C)OC(=O)Cc2cccc3ccccc23)c1C. The summed E-state index contributed by atoms with van der Waals surface area (Å²) in [4.78, 5) is 39.9. The summed E-state index contributed by atoms with van der Waals surface area (Å²) in [6.45, 7) is 6.48. The molecule has 0 fully saturated rings. The van der Waals surface area contributed by atoms with Gasteiger partial charge in [-0.05, 0) is 49.6 Å². The Morgan fingerprint density at radius 1 is 1.04 bits per heavy atom. The Labute approximate surface area is 163 Å². The first-order valence-corrected chi connectivity index (χ1v) is 9.20. The van der Waals surface area contributed by atoms with Gasteiger partial charge in [-0.3, -0.25) is 14.4 Å². The van der Waals surface area contributed by atoms with Crippen LogP contribution in [0.1, 0.15) is 51.5 Å². The summed E-state index contributed by atoms with van der Waals surface area (Å²) < 4.78 is 5.39. The van der Waals surface area contributed by atoms with Crippen LogP contribution < -0.4 is 0 Å². The second-order valence-corrected chi connectivity index (χ2v) is 6.99. The zero-order valence-corrected chi connectivity index (χ0v) is 16.5. The highest BCUT2D eigenvalue weighted by Crippen LogP contribution is 2.22. The van der Waals surface area contributed by atoms with Crippen molar-refractivity contribution in [2.24, 2.45) is 0 Å². The van der Waals surface area contributed by atoms with Crippen molar-refractivity contribution in [3.05, 3.63) is 70.5 Å². The van der Waals surface area contributed by atoms with Gasteiger partial charge in [-0.15, -0.1) is 0 Å². The van der Waals surface area contributed by atoms with Crippen LogP contribution in [0.15, 0.2) is 42.5 Å². The molecule has 0 aliphatic carbocycles. The fourth-order valence-electron chi connectivity index (χ4n) is 3.62. The second-order valence-electron chi connectivity index (χ2n) is 6.99. The minimum atomic E-state index is -0.945. The van der Waals surface area contributed by atoms with E-state index < -0.39 is 12.1 Å². The number of benzene rings is 2. The van der Waals surface area contributed by atoms with E-state index in [0.29, 0.717) is 22.5 Å². The summed E-state index contributed by atoms with van der Waals surface area (Å²) >= 11 is 0. The van der Waals surface area contributed by atoms with Gasteiger partial charge >= 0.3 is 5.97 Å². The van der Waals surface area contributed by atoms with E-state index in [0.717, 1.165) is 16.3 Å². The van der Waals surface area contributed by atoms with Crippen LogP contribution in [0.25, 0.3) is 10.8 Å². The van der Waals surface area contributed by atoms with Gasteiger partial charge in [0.05, 0.1) is 12.1 Å². The topological polar surface area (TPSA) is 76.2 Å². The Balaban J connectivity index is 1.75. The fraction of sp³-hybridized carbons (Fsp3) is 0.261. The van der Waals surface area contributed by atoms with E-state index >= 15 is 0 Å². The van der Waals surface area contributed by atoms with Crippen LogP contribution in [0.5, 0.6) is 0 Å². The Morgan fingerprint density at radius 2 is 1.71 bits per heavy atom. The molecule has 28 heavy (non-hydrogen) atoms. The molecule has 5 heteroatoms. The largest absolute Gasteiger partial charge is 0.454 e. The van der Waals surface area contributed by atoms with Gasteiger partial charge in [0.2, 0.25) is 5.78 Å². The minimum absolute atomic E-state index is 0.0837. The van der Waals surface area contributed by atoms with Crippen LogP contribution in [0, 0.1) is 13.8 Å². The monoisotopic (exact) mass is 377 g/mol. The highest BCUT2D eigenvalue weighted by molar-refractivity contribution is 6.05. The van der Waals surface area contributed by atoms with E-state index in [1.807, 2.05) is 42.5 Å². The summed E-state index contributed by atoms with van der Waals surface area (Å²) in [5, 5.41) is 2.04. The van der Waals surface area contributed by atoms with E-state index in [1.54, 1.807) is 20.8 Å². The van der Waals surface area contributed by atoms with Crippen LogP contribution in [-0.2, 0) is 16.0 Å². The number of aryl methyl sites for hydroxylation is 1. The number of rotatable bonds is 6. The van der Waals surface area contributed by atoms with Gasteiger partial charge in [0, 0.05) is 11.3 Å². The van der Waals surface area contributed by atoms with Crippen LogP contribution in [0.2, 0.25) is 0 Å². The first-order chi connectivity index (χ1) is 13.3. The molecule has 1 aromatic heterocycles. The smallest absolute Gasteiger partial charge is 0.310 e. The molecule has 1 N–H and O–H groups in total. The molecule has 0 saturated heterocycles. The second kappa shape index (κ2) is 7.80. The van der Waals surface area contributed by atoms with Crippen molar-refractivity contribution < 1.29 is 19.1 Å². The molecule has 2 aromatic carbocycles. The number of Topliss-reactive ketones (excluding diaryl/α,β-unsaturated/α-hetero) is 2. The lowest BCUT2D eigenvalue weighted by Gasteiger charge is -2.13. The minimum Gasteiger partial charge on any atom is -0.454 e. The van der Waals surface area contributed by atoms with Gasteiger partial charge in [-0.2, -0.15) is 0 Å². The number of nitrogens with one attached hydrogen (secondary N) is 1. The van der Waals surface area contributed by atoms with Crippen molar-refractivity contribution in [2.75, 3.05) is 0 Å². The van der Waals surface area contributed by atoms with Crippen LogP contribution in [-0.4, -0.2) is 28.6 Å². The Kier molecular flexibility index (Phi) is 5.45. The molecule has 3 rings (SSSR count). The highest BCUT2D eigenvalue weighted by atomic mass is 16.5. The standard InChI is InChI=1S/C23H23NO4/c1-13-21(15(3)25)14(2)24-22(13)23(27)16(4)28-20(26)12-18-10-7-9-17-8-5-6-11-19(17)18/h5-11,16,24H,12H2,1-4H3/t16-/m1/s1. The van der Waals surface area contributed by atoms with E-state index in [1.165, 1.54) is 6.92 Å². The molecule has 0 aliphatic rings. The summed E-state index contributed by atoms with van der Waals surface area (Å²) in [7, 11) is 0. The summed E-state index contributed by atoms with van der Waals surface area (Å²) in [5.74, 6) is -0.921. The number of fused-ring (bicyclic) bond motifs is 1. The molecule has 0 unspecified atom stereocenters. The number of esters is 1. The van der Waals surface area contributed by atoms with Crippen molar-refractivity contribution in [3.8, 4) is 0 Å². The van der Waals surface area contributed by atoms with Gasteiger partial charge in [-0.1, -0.05) is 42.5 Å². The molecule has 3 aromatic rings. The third-order valence-electron chi connectivity index (χ3n) is 4.93. The third-order valence-corrected chi connectivity index (χ3v) is 4.93. The van der Waals surface area contributed by atoms with Gasteiger partial charge in [0.15, 0.2) is 11.9 Å². The van der Waals surface area contributed by atoms with E-state index in [2.05, 4.69) is 4.98 Å². The van der Waals surface area contributed by atoms with Crippen molar-refractivity contribution in [1.29, 1.82) is 0 Å². The molecule has 1 atom stereocenters. The molecule has 0 amide bonds. The van der Waals surface area contributed by atoms with Crippen molar-refractivity contribution in [2.45, 2.75) is 40.2 Å². The number of H-pyrrole nitrogens is 1. The van der Waals surface area contributed by atoms with Crippen molar-refractivity contribution in [3.63, 3.8) is 0 Å². The molecule has 144 valence electrons. The predicted molar refractivity (Wildman–Crippen MR) is 108 cm³/mol. The third kappa shape index (κ3) is 3.74. The normalized spacial score (nSPS) is 12.0. The van der Waals surface area contributed by atoms with Crippen molar-refractivity contribution >= 4 is 28.3 Å². The Hall–Kier alpha value is -3.21. The molecule has 5 nitrogen and oxygen atoms in total. The first-order valence-electron chi connectivity index (χ1n) is 9.20. The lowest BCUT2D eigenvalue weighted by Crippen LogP contribution is -2.26. The maximum absolute atomic E-state index is 12.7. The van der Waals surface area contributed by atoms with Crippen molar-refractivity contribution in [1.82, 2.24) is 4.98 Å². The number of aromatic amines is 1. The lowest BCUT2D eigenvalue weighted by molar-refractivity contribution is -0.145. The van der Waals surface area contributed by atoms with Gasteiger partial charge < -0.3 is 9.72 Å². The van der Waals surface area contributed by atoms with E-state index in [-0.39, 0.29) is 18.0 Å². The number of carbonyl (C=O) groups excluding carboxylic acids is 3. The maximum Gasteiger partial charge on any atom is 0.310 e. The number of carbonyl (C=O) groups is 3. The number of ether oxygens (including phenoxy) is 1. The summed E-state index contributed by atoms with van der Waals surface area (Å²) in [5.41, 5.74) is 2.91. The number of hydrogen-bond acceptors (Lipinski definition) is 4. The zero-order valence-electron chi connectivity index (χ0n) is 16.5. The lowest BCUT2D eigenvalue weighted by atomic mass is 10.0. The predicted octanol–water partition coefficient (Wildman–Crippen LogP) is 4.34. The average Bonchev–Trinajstić information content (AvgIpc) is 2.95. The fourth-order valence-corrected chi connectivity index (χ4v) is 3.62. The number of hydrogen-bond donors (Lipinski definition) is 1. The van der Waals surface area contributed by atoms with E-state index in [4.69, 9.17) is 4.74 Å². The van der Waals surface area contributed by atoms with E-state index in [9.17, 15) is 14.4 Å². The summed E-state index contributed by atoms with van der Waals surface area (Å²) in [6, 6.07) is 13.6. The van der Waals surface area contributed by atoms with Gasteiger partial charge in [-0.25, -0.2) is 0 Å². The quantitative estimate of drug-likeness (QED) is 0.512. The molecular formula is C23H23NO4. The maximum atomic E-state index is 12.7. The zero-order chi connectivity index (χ0) is 20.4. The van der Waals surface area contributed by atoms with Gasteiger partial charge in [0.1, 0.15) is 0 Å². The average molecular weight is 377 g/mol. The molecule has 0 aliphatic heterocycles.